The second kappa shape index (κ2) is 9.74. The van der Waals surface area contributed by atoms with Crippen molar-refractivity contribution in [2.75, 3.05) is 43.9 Å². The summed E-state index contributed by atoms with van der Waals surface area (Å²) in [5, 5.41) is 8.64. The lowest BCUT2D eigenvalue weighted by Gasteiger charge is -2.36. The summed E-state index contributed by atoms with van der Waals surface area (Å²) in [5.41, 5.74) is 0.664. The minimum Gasteiger partial charge on any atom is -0.497 e. The van der Waals surface area contributed by atoms with Crippen molar-refractivity contribution in [2.45, 2.75) is 11.3 Å². The molecule has 0 spiro atoms. The van der Waals surface area contributed by atoms with Gasteiger partial charge in [0, 0.05) is 37.9 Å². The third-order valence-corrected chi connectivity index (χ3v) is 6.27. The fourth-order valence-corrected chi connectivity index (χ4v) is 4.40. The van der Waals surface area contributed by atoms with Crippen molar-refractivity contribution in [3.63, 3.8) is 0 Å². The van der Waals surface area contributed by atoms with Crippen LogP contribution in [-0.4, -0.2) is 64.6 Å². The first kappa shape index (κ1) is 23.0. The summed E-state index contributed by atoms with van der Waals surface area (Å²) in [6.45, 7) is 1.83. The van der Waals surface area contributed by atoms with Crippen LogP contribution in [0, 0.1) is 0 Å². The molecule has 0 atom stereocenters. The van der Waals surface area contributed by atoms with Gasteiger partial charge in [-0.25, -0.2) is 0 Å². The van der Waals surface area contributed by atoms with Gasteiger partial charge in [0.25, 0.3) is 0 Å². The van der Waals surface area contributed by atoms with Crippen LogP contribution in [0.5, 0.6) is 5.75 Å². The molecule has 4 rings (SSSR count). The Labute approximate surface area is 193 Å². The average Bonchev–Trinajstić information content (AvgIpc) is 3.31. The van der Waals surface area contributed by atoms with E-state index < -0.39 is 11.7 Å². The van der Waals surface area contributed by atoms with E-state index in [1.807, 2.05) is 29.2 Å². The van der Waals surface area contributed by atoms with E-state index in [4.69, 9.17) is 4.74 Å². The first-order valence-corrected chi connectivity index (χ1v) is 11.2. The molecule has 1 saturated heterocycles. The molecule has 0 unspecified atom stereocenters. The van der Waals surface area contributed by atoms with E-state index >= 15 is 0 Å². The molecule has 33 heavy (non-hydrogen) atoms. The van der Waals surface area contributed by atoms with Gasteiger partial charge in [-0.15, -0.1) is 10.2 Å². The maximum Gasteiger partial charge on any atom is 0.416 e. The molecule has 11 heteroatoms. The first-order chi connectivity index (χ1) is 15.8. The molecule has 2 aromatic carbocycles. The Hall–Kier alpha value is -3.21. The van der Waals surface area contributed by atoms with Crippen molar-refractivity contribution in [1.29, 1.82) is 0 Å². The summed E-state index contributed by atoms with van der Waals surface area (Å²) in [6, 6.07) is 12.7. The number of rotatable bonds is 6. The number of carbonyl (C=O) groups is 1. The smallest absolute Gasteiger partial charge is 0.416 e. The molecule has 3 aromatic rings. The number of benzene rings is 2. The molecule has 7 nitrogen and oxygen atoms in total. The van der Waals surface area contributed by atoms with Crippen LogP contribution in [0.25, 0.3) is 5.69 Å². The molecular formula is C22H22F3N5O2S. The SMILES string of the molecule is COc1cccc(-n2cnnc2SCC(=O)N2CCN(c3cccc(C(F)(F)F)c3)CC2)c1. The molecule has 174 valence electrons. The van der Waals surface area contributed by atoms with E-state index in [1.54, 1.807) is 29.0 Å². The average molecular weight is 478 g/mol. The Kier molecular flexibility index (Phi) is 6.77. The Morgan fingerprint density at radius 1 is 1.06 bits per heavy atom. The van der Waals surface area contributed by atoms with Gasteiger partial charge in [0.05, 0.1) is 24.1 Å². The minimum atomic E-state index is -4.38. The summed E-state index contributed by atoms with van der Waals surface area (Å²) < 4.78 is 46.0. The molecule has 1 amide bonds. The van der Waals surface area contributed by atoms with Crippen molar-refractivity contribution in [3.05, 3.63) is 60.4 Å². The Morgan fingerprint density at radius 2 is 1.79 bits per heavy atom. The number of piperazine rings is 1. The number of nitrogens with zero attached hydrogens (tertiary/aromatic N) is 5. The highest BCUT2D eigenvalue weighted by atomic mass is 32.2. The molecule has 0 saturated carbocycles. The lowest BCUT2D eigenvalue weighted by molar-refractivity contribution is -0.137. The van der Waals surface area contributed by atoms with Crippen molar-refractivity contribution >= 4 is 23.4 Å². The number of ether oxygens (including phenoxy) is 1. The van der Waals surface area contributed by atoms with Crippen LogP contribution < -0.4 is 9.64 Å². The zero-order valence-corrected chi connectivity index (χ0v) is 18.6. The van der Waals surface area contributed by atoms with Gasteiger partial charge in [-0.1, -0.05) is 23.9 Å². The van der Waals surface area contributed by atoms with Gasteiger partial charge in [0.1, 0.15) is 12.1 Å². The quantitative estimate of drug-likeness (QED) is 0.504. The van der Waals surface area contributed by atoms with E-state index in [0.29, 0.717) is 42.8 Å². The van der Waals surface area contributed by atoms with E-state index in [2.05, 4.69) is 10.2 Å². The summed E-state index contributed by atoms with van der Waals surface area (Å²) in [4.78, 5) is 16.3. The number of methoxy groups -OCH3 is 1. The highest BCUT2D eigenvalue weighted by Gasteiger charge is 2.31. The van der Waals surface area contributed by atoms with E-state index in [-0.39, 0.29) is 11.7 Å². The molecule has 1 aromatic heterocycles. The third kappa shape index (κ3) is 5.41. The zero-order valence-electron chi connectivity index (χ0n) is 17.8. The van der Waals surface area contributed by atoms with Crippen LogP contribution in [0.1, 0.15) is 5.56 Å². The topological polar surface area (TPSA) is 63.5 Å². The summed E-state index contributed by atoms with van der Waals surface area (Å²) in [7, 11) is 1.59. The number of anilines is 1. The predicted octanol–water partition coefficient (Wildman–Crippen LogP) is 3.74. The Morgan fingerprint density at radius 3 is 2.52 bits per heavy atom. The molecule has 2 heterocycles. The van der Waals surface area contributed by atoms with E-state index in [9.17, 15) is 18.0 Å². The molecule has 0 radical (unpaired) electrons. The highest BCUT2D eigenvalue weighted by molar-refractivity contribution is 7.99. The number of carbonyl (C=O) groups excluding carboxylic acids is 1. The van der Waals surface area contributed by atoms with Crippen LogP contribution in [0.2, 0.25) is 0 Å². The molecule has 0 N–H and O–H groups in total. The van der Waals surface area contributed by atoms with Gasteiger partial charge < -0.3 is 14.5 Å². The number of halogens is 3. The van der Waals surface area contributed by atoms with Crippen LogP contribution in [-0.2, 0) is 11.0 Å². The summed E-state index contributed by atoms with van der Waals surface area (Å²) in [5.74, 6) is 0.836. The summed E-state index contributed by atoms with van der Waals surface area (Å²) >= 11 is 1.28. The molecule has 1 aliphatic heterocycles. The highest BCUT2D eigenvalue weighted by Crippen LogP contribution is 2.32. The lowest BCUT2D eigenvalue weighted by Crippen LogP contribution is -2.49. The van der Waals surface area contributed by atoms with E-state index in [0.717, 1.165) is 17.8 Å². The molecule has 1 aliphatic rings. The molecular weight excluding hydrogens is 455 g/mol. The fourth-order valence-electron chi connectivity index (χ4n) is 3.57. The van der Waals surface area contributed by atoms with Crippen molar-refractivity contribution < 1.29 is 22.7 Å². The number of hydrogen-bond donors (Lipinski definition) is 0. The van der Waals surface area contributed by atoms with Crippen molar-refractivity contribution in [3.8, 4) is 11.4 Å². The molecule has 0 aliphatic carbocycles. The van der Waals surface area contributed by atoms with Crippen LogP contribution in [0.4, 0.5) is 18.9 Å². The number of alkyl halides is 3. The van der Waals surface area contributed by atoms with Gasteiger partial charge in [-0.2, -0.15) is 13.2 Å². The van der Waals surface area contributed by atoms with Gasteiger partial charge >= 0.3 is 6.18 Å². The second-order valence-corrected chi connectivity index (χ2v) is 8.33. The number of hydrogen-bond acceptors (Lipinski definition) is 6. The predicted molar refractivity (Wildman–Crippen MR) is 119 cm³/mol. The monoisotopic (exact) mass is 477 g/mol. The fraction of sp³-hybridized carbons (Fsp3) is 0.318. The van der Waals surface area contributed by atoms with Gasteiger partial charge in [-0.05, 0) is 30.3 Å². The van der Waals surface area contributed by atoms with Gasteiger partial charge in [0.15, 0.2) is 5.16 Å². The number of aromatic nitrogens is 3. The van der Waals surface area contributed by atoms with Gasteiger partial charge in [0.2, 0.25) is 5.91 Å². The second-order valence-electron chi connectivity index (χ2n) is 7.39. The van der Waals surface area contributed by atoms with Crippen molar-refractivity contribution in [1.82, 2.24) is 19.7 Å². The Bertz CT molecular complexity index is 1110. The molecule has 1 fully saturated rings. The largest absolute Gasteiger partial charge is 0.497 e. The van der Waals surface area contributed by atoms with E-state index in [1.165, 1.54) is 17.8 Å². The zero-order chi connectivity index (χ0) is 23.4. The number of amides is 1. The third-order valence-electron chi connectivity index (χ3n) is 5.34. The van der Waals surface area contributed by atoms with Crippen molar-refractivity contribution in [2.24, 2.45) is 0 Å². The Balaban J connectivity index is 1.33. The van der Waals surface area contributed by atoms with Crippen LogP contribution >= 0.6 is 11.8 Å². The van der Waals surface area contributed by atoms with Crippen LogP contribution in [0.3, 0.4) is 0 Å². The summed E-state index contributed by atoms with van der Waals surface area (Å²) in [6.07, 6.45) is -2.80. The number of thioether (sulfide) groups is 1. The first-order valence-electron chi connectivity index (χ1n) is 10.2. The van der Waals surface area contributed by atoms with Gasteiger partial charge in [-0.3, -0.25) is 9.36 Å². The maximum absolute atomic E-state index is 13.0. The minimum absolute atomic E-state index is 0.0520. The lowest BCUT2D eigenvalue weighted by atomic mass is 10.1. The van der Waals surface area contributed by atoms with Crippen LogP contribution in [0.15, 0.2) is 60.0 Å². The molecule has 0 bridgehead atoms. The normalized spacial score (nSPS) is 14.4. The standard InChI is InChI=1S/C22H22F3N5O2S/c1-32-19-7-3-6-18(13-19)30-15-26-27-21(30)33-14-20(31)29-10-8-28(9-11-29)17-5-2-4-16(12-17)22(23,24)25/h2-7,12-13,15H,8-11,14H2,1H3. The maximum atomic E-state index is 13.0.